The first-order chi connectivity index (χ1) is 19.2. The van der Waals surface area contributed by atoms with Crippen molar-refractivity contribution in [3.05, 3.63) is 29.3 Å². The zero-order valence-electron chi connectivity index (χ0n) is 24.4. The Bertz CT molecular complexity index is 1010. The van der Waals surface area contributed by atoms with Crippen molar-refractivity contribution in [2.75, 3.05) is 37.7 Å². The van der Waals surface area contributed by atoms with E-state index >= 15 is 0 Å². The quantitative estimate of drug-likeness (QED) is 0.217. The van der Waals surface area contributed by atoms with Crippen molar-refractivity contribution < 1.29 is 24.9 Å². The minimum absolute atomic E-state index is 0.0426. The molecule has 1 aromatic carbocycles. The van der Waals surface area contributed by atoms with Crippen molar-refractivity contribution in [1.29, 1.82) is 0 Å². The van der Waals surface area contributed by atoms with E-state index in [0.717, 1.165) is 69.3 Å². The van der Waals surface area contributed by atoms with Crippen LogP contribution in [0.5, 0.6) is 5.75 Å². The van der Waals surface area contributed by atoms with Crippen LogP contribution in [0.25, 0.3) is 0 Å². The molecule has 0 spiro atoms. The number of nitrogens with one attached hydrogen (secondary N) is 1. The molecular weight excluding hydrogens is 524 g/mol. The van der Waals surface area contributed by atoms with Crippen LogP contribution in [0.3, 0.4) is 0 Å². The van der Waals surface area contributed by atoms with Crippen molar-refractivity contribution >= 4 is 23.6 Å². The SMILES string of the molecule is CCSCCN(CC(=O)O)CC(=O)NCCCCCCC1Cc2cc(O)ccc2C2CC[C@@]3(C)C(CC[C@@H]3O)C12. The third-order valence-corrected chi connectivity index (χ3v) is 11.0. The largest absolute Gasteiger partial charge is 0.508 e. The highest BCUT2D eigenvalue weighted by atomic mass is 32.2. The summed E-state index contributed by atoms with van der Waals surface area (Å²) in [5.41, 5.74) is 2.80. The number of carbonyl (C=O) groups excluding carboxylic acids is 1. The van der Waals surface area contributed by atoms with Crippen LogP contribution in [0.2, 0.25) is 0 Å². The van der Waals surface area contributed by atoms with Gasteiger partial charge >= 0.3 is 5.97 Å². The predicted molar refractivity (Wildman–Crippen MR) is 161 cm³/mol. The van der Waals surface area contributed by atoms with E-state index in [1.807, 2.05) is 12.1 Å². The molecule has 0 heterocycles. The van der Waals surface area contributed by atoms with Gasteiger partial charge in [-0.15, -0.1) is 0 Å². The van der Waals surface area contributed by atoms with Gasteiger partial charge in [0.2, 0.25) is 5.91 Å². The van der Waals surface area contributed by atoms with Gasteiger partial charge in [0.15, 0.2) is 0 Å². The number of aliphatic hydroxyl groups excluding tert-OH is 1. The summed E-state index contributed by atoms with van der Waals surface area (Å²) in [6.45, 7) is 5.65. The van der Waals surface area contributed by atoms with Crippen molar-refractivity contribution in [2.45, 2.75) is 90.1 Å². The number of aliphatic hydroxyl groups is 1. The molecular formula is C32H50N2O5S. The van der Waals surface area contributed by atoms with Crippen molar-refractivity contribution in [2.24, 2.45) is 23.2 Å². The molecule has 2 fully saturated rings. The molecule has 2 saturated carbocycles. The lowest BCUT2D eigenvalue weighted by atomic mass is 9.52. The Hall–Kier alpha value is -1.77. The average molecular weight is 575 g/mol. The number of unbranched alkanes of at least 4 members (excludes halogenated alkanes) is 3. The Labute approximate surface area is 244 Å². The molecule has 40 heavy (non-hydrogen) atoms. The third-order valence-electron chi connectivity index (χ3n) is 10.1. The van der Waals surface area contributed by atoms with E-state index in [1.54, 1.807) is 16.7 Å². The topological polar surface area (TPSA) is 110 Å². The standard InChI is InChI=1S/C32H50N2O5S/c1-3-40-17-16-34(21-30(38)39)20-29(37)33-15-7-5-4-6-8-22-18-23-19-24(35)9-10-25(23)26-13-14-32(2)27(31(22)26)11-12-28(32)36/h9-10,19,22,26-28,31,35-36H,3-8,11-18,20-21H2,1-2H3,(H,33,37)(H,38,39)/t22?,26?,27?,28-,31?,32-/m0/s1. The molecule has 0 aromatic heterocycles. The van der Waals surface area contributed by atoms with Gasteiger partial charge in [-0.3, -0.25) is 14.5 Å². The van der Waals surface area contributed by atoms with Crippen LogP contribution in [-0.4, -0.2) is 75.9 Å². The van der Waals surface area contributed by atoms with Gasteiger partial charge in [0.25, 0.3) is 0 Å². The summed E-state index contributed by atoms with van der Waals surface area (Å²) in [6, 6.07) is 5.99. The second-order valence-corrected chi connectivity index (χ2v) is 14.0. The highest BCUT2D eigenvalue weighted by Crippen LogP contribution is 2.62. The van der Waals surface area contributed by atoms with E-state index in [1.165, 1.54) is 17.5 Å². The second-order valence-electron chi connectivity index (χ2n) is 12.6. The maximum atomic E-state index is 12.4. The molecule has 0 aliphatic heterocycles. The summed E-state index contributed by atoms with van der Waals surface area (Å²) in [5.74, 6) is 3.47. The molecule has 0 radical (unpaired) electrons. The van der Waals surface area contributed by atoms with Crippen molar-refractivity contribution in [3.8, 4) is 5.75 Å². The zero-order chi connectivity index (χ0) is 28.7. The number of carbonyl (C=O) groups is 2. The number of carboxylic acids is 1. The number of aliphatic carboxylic acids is 1. The number of rotatable bonds is 15. The number of aromatic hydroxyl groups is 1. The number of nitrogens with zero attached hydrogens (tertiary/aromatic N) is 1. The van der Waals surface area contributed by atoms with E-state index < -0.39 is 5.97 Å². The summed E-state index contributed by atoms with van der Waals surface area (Å²) >= 11 is 1.75. The Balaban J connectivity index is 1.23. The molecule has 6 atom stereocenters. The second kappa shape index (κ2) is 14.4. The number of thioether (sulfide) groups is 1. The molecule has 0 bridgehead atoms. The van der Waals surface area contributed by atoms with Gasteiger partial charge < -0.3 is 20.6 Å². The monoisotopic (exact) mass is 574 g/mol. The fraction of sp³-hybridized carbons (Fsp3) is 0.750. The lowest BCUT2D eigenvalue weighted by molar-refractivity contribution is -0.138. The number of carboxylic acid groups (broad SMARTS) is 1. The van der Waals surface area contributed by atoms with Crippen LogP contribution < -0.4 is 5.32 Å². The number of phenolic OH excluding ortho intramolecular Hbond substituents is 1. The molecule has 7 nitrogen and oxygen atoms in total. The number of fused-ring (bicyclic) bond motifs is 5. The zero-order valence-corrected chi connectivity index (χ0v) is 25.3. The lowest BCUT2D eigenvalue weighted by Crippen LogP contribution is -2.47. The summed E-state index contributed by atoms with van der Waals surface area (Å²) in [7, 11) is 0. The average Bonchev–Trinajstić information content (AvgIpc) is 3.21. The fourth-order valence-corrected chi connectivity index (χ4v) is 8.82. The Morgan fingerprint density at radius 2 is 1.93 bits per heavy atom. The number of amides is 1. The highest BCUT2D eigenvalue weighted by Gasteiger charge is 2.56. The van der Waals surface area contributed by atoms with Crippen LogP contribution in [0.15, 0.2) is 18.2 Å². The van der Waals surface area contributed by atoms with Crippen LogP contribution >= 0.6 is 11.8 Å². The number of hydrogen-bond donors (Lipinski definition) is 4. The van der Waals surface area contributed by atoms with Crippen molar-refractivity contribution in [1.82, 2.24) is 10.2 Å². The summed E-state index contributed by atoms with van der Waals surface area (Å²) < 4.78 is 0. The Morgan fingerprint density at radius 1 is 1.12 bits per heavy atom. The summed E-state index contributed by atoms with van der Waals surface area (Å²) in [5, 5.41) is 33.2. The minimum atomic E-state index is -0.902. The molecule has 1 amide bonds. The first-order valence-electron chi connectivity index (χ1n) is 15.5. The lowest BCUT2D eigenvalue weighted by Gasteiger charge is -2.53. The molecule has 1 aromatic rings. The molecule has 0 saturated heterocycles. The Kier molecular flexibility index (Phi) is 11.2. The van der Waals surface area contributed by atoms with Gasteiger partial charge in [0.05, 0.1) is 19.2 Å². The maximum Gasteiger partial charge on any atom is 0.317 e. The maximum absolute atomic E-state index is 12.4. The van der Waals surface area contributed by atoms with Gasteiger partial charge in [-0.1, -0.05) is 39.2 Å². The molecule has 4 unspecified atom stereocenters. The van der Waals surface area contributed by atoms with Gasteiger partial charge in [0.1, 0.15) is 5.75 Å². The number of benzene rings is 1. The van der Waals surface area contributed by atoms with Crippen LogP contribution in [0.1, 0.15) is 88.7 Å². The van der Waals surface area contributed by atoms with Crippen LogP contribution in [-0.2, 0) is 16.0 Å². The molecule has 224 valence electrons. The van der Waals surface area contributed by atoms with E-state index in [-0.39, 0.29) is 30.5 Å². The van der Waals surface area contributed by atoms with Crippen LogP contribution in [0, 0.1) is 23.2 Å². The fourth-order valence-electron chi connectivity index (χ4n) is 8.15. The molecule has 4 N–H and O–H groups in total. The van der Waals surface area contributed by atoms with E-state index in [4.69, 9.17) is 5.11 Å². The smallest absolute Gasteiger partial charge is 0.317 e. The van der Waals surface area contributed by atoms with Crippen LogP contribution in [0.4, 0.5) is 0 Å². The number of hydrogen-bond acceptors (Lipinski definition) is 6. The third kappa shape index (κ3) is 7.54. The van der Waals surface area contributed by atoms with Gasteiger partial charge in [-0.05, 0) is 103 Å². The highest BCUT2D eigenvalue weighted by molar-refractivity contribution is 7.99. The first-order valence-corrected chi connectivity index (χ1v) is 16.7. The normalized spacial score (nSPS) is 29.1. The molecule has 8 heteroatoms. The number of phenols is 1. The summed E-state index contributed by atoms with van der Waals surface area (Å²) in [6.07, 6.45) is 10.6. The first kappa shape index (κ1) is 31.2. The van der Waals surface area contributed by atoms with E-state index in [0.29, 0.717) is 42.5 Å². The summed E-state index contributed by atoms with van der Waals surface area (Å²) in [4.78, 5) is 25.2. The van der Waals surface area contributed by atoms with E-state index in [2.05, 4.69) is 25.2 Å². The van der Waals surface area contributed by atoms with Gasteiger partial charge in [-0.25, -0.2) is 0 Å². The van der Waals surface area contributed by atoms with Gasteiger partial charge in [-0.2, -0.15) is 11.8 Å². The molecule has 3 aliphatic rings. The predicted octanol–water partition coefficient (Wildman–Crippen LogP) is 5.04. The minimum Gasteiger partial charge on any atom is -0.508 e. The Morgan fingerprint density at radius 3 is 2.70 bits per heavy atom. The van der Waals surface area contributed by atoms with Gasteiger partial charge in [0, 0.05) is 18.8 Å². The molecule has 3 aliphatic carbocycles. The van der Waals surface area contributed by atoms with Crippen molar-refractivity contribution in [3.63, 3.8) is 0 Å². The van der Waals surface area contributed by atoms with E-state index in [9.17, 15) is 19.8 Å². The molecule has 4 rings (SSSR count).